The molecule has 0 atom stereocenters. The molecule has 1 aromatic carbocycles. The van der Waals surface area contributed by atoms with E-state index in [1.165, 1.54) is 0 Å². The van der Waals surface area contributed by atoms with E-state index in [9.17, 15) is 17.1 Å². The third kappa shape index (κ3) is 3.99. The maximum atomic E-state index is 12.1. The van der Waals surface area contributed by atoms with Gasteiger partial charge in [0.15, 0.2) is 5.75 Å². The number of hydrogen-bond donors (Lipinski definition) is 1. The van der Waals surface area contributed by atoms with Gasteiger partial charge in [-0.3, -0.25) is 4.79 Å². The Bertz CT molecular complexity index is 415. The molecule has 1 N–H and O–H groups in total. The van der Waals surface area contributed by atoms with Gasteiger partial charge in [-0.1, -0.05) is 18.2 Å². The van der Waals surface area contributed by atoms with Crippen molar-refractivity contribution in [2.45, 2.75) is 0 Å². The van der Waals surface area contributed by atoms with Gasteiger partial charge in [0.1, 0.15) is 0 Å². The van der Waals surface area contributed by atoms with Gasteiger partial charge >= 0.3 is 10.2 Å². The lowest BCUT2D eigenvalue weighted by molar-refractivity contribution is -0.113. The number of carbonyl (C=O) groups excluding carboxylic acids is 1. The number of para-hydroxylation sites is 1. The molecule has 0 heterocycles. The van der Waals surface area contributed by atoms with E-state index in [4.69, 9.17) is 0 Å². The first kappa shape index (κ1) is 10.6. The summed E-state index contributed by atoms with van der Waals surface area (Å²) in [6, 6.07) is 8.21. The van der Waals surface area contributed by atoms with Crippen molar-refractivity contribution in [1.82, 2.24) is 0 Å². The maximum Gasteiger partial charge on any atom is 0.311 e. The highest BCUT2D eigenvalue weighted by molar-refractivity contribution is 7.87. The number of nitrogens with one attached hydrogen (secondary N) is 1. The lowest BCUT2D eigenvalue weighted by atomic mass is 10.3. The molecule has 0 spiro atoms. The average molecular weight is 217 g/mol. The smallest absolute Gasteiger partial charge is 0.311 e. The third-order valence-corrected chi connectivity index (χ3v) is 1.97. The summed E-state index contributed by atoms with van der Waals surface area (Å²) in [6.45, 7) is 0. The van der Waals surface area contributed by atoms with E-state index in [0.717, 1.165) is 0 Å². The summed E-state index contributed by atoms with van der Waals surface area (Å²) < 4.78 is 32.3. The molecular weight excluding hydrogens is 209 g/mol. The summed E-state index contributed by atoms with van der Waals surface area (Å²) in [6.07, 6.45) is 0. The van der Waals surface area contributed by atoms with Gasteiger partial charge in [-0.05, 0) is 12.1 Å². The van der Waals surface area contributed by atoms with Crippen LogP contribution < -0.4 is 5.32 Å². The predicted octanol–water partition coefficient (Wildman–Crippen LogP) is 0.924. The third-order valence-electron chi connectivity index (χ3n) is 1.36. The van der Waals surface area contributed by atoms with Crippen LogP contribution in [0.3, 0.4) is 0 Å². The number of halogens is 1. The molecule has 0 unspecified atom stereocenters. The number of rotatable bonds is 3. The zero-order chi connectivity index (χ0) is 10.6. The normalized spacial score (nSPS) is 10.9. The monoisotopic (exact) mass is 217 g/mol. The van der Waals surface area contributed by atoms with E-state index >= 15 is 0 Å². The zero-order valence-electron chi connectivity index (χ0n) is 7.10. The standard InChI is InChI=1S/C8H8FNO3S/c9-14(12,13)6-8(11)10-7-4-2-1-3-5-7/h1-5H,6H2,(H,10,11). The van der Waals surface area contributed by atoms with E-state index in [2.05, 4.69) is 5.32 Å². The molecule has 0 aliphatic heterocycles. The van der Waals surface area contributed by atoms with Crippen molar-refractivity contribution >= 4 is 21.8 Å². The van der Waals surface area contributed by atoms with Crippen molar-refractivity contribution in [2.75, 3.05) is 11.1 Å². The minimum atomic E-state index is -4.76. The van der Waals surface area contributed by atoms with Gasteiger partial charge < -0.3 is 5.32 Å². The Labute approximate surface area is 81.0 Å². The summed E-state index contributed by atoms with van der Waals surface area (Å²) in [5.41, 5.74) is 0.432. The van der Waals surface area contributed by atoms with Crippen LogP contribution in [-0.4, -0.2) is 20.1 Å². The van der Waals surface area contributed by atoms with Crippen molar-refractivity contribution in [3.63, 3.8) is 0 Å². The molecule has 4 nitrogen and oxygen atoms in total. The van der Waals surface area contributed by atoms with Crippen molar-refractivity contribution in [2.24, 2.45) is 0 Å². The molecule has 1 rings (SSSR count). The van der Waals surface area contributed by atoms with E-state index in [-0.39, 0.29) is 0 Å². The Hall–Kier alpha value is -1.43. The molecule has 0 saturated heterocycles. The van der Waals surface area contributed by atoms with Crippen LogP contribution in [0.2, 0.25) is 0 Å². The summed E-state index contributed by atoms with van der Waals surface area (Å²) in [4.78, 5) is 10.9. The predicted molar refractivity (Wildman–Crippen MR) is 50.0 cm³/mol. The van der Waals surface area contributed by atoms with Crippen LogP contribution in [0.25, 0.3) is 0 Å². The zero-order valence-corrected chi connectivity index (χ0v) is 7.92. The quantitative estimate of drug-likeness (QED) is 0.766. The molecule has 14 heavy (non-hydrogen) atoms. The number of benzene rings is 1. The summed E-state index contributed by atoms with van der Waals surface area (Å²) in [7, 11) is -4.76. The van der Waals surface area contributed by atoms with E-state index < -0.39 is 21.9 Å². The van der Waals surface area contributed by atoms with Gasteiger partial charge in [0, 0.05) is 5.69 Å². The molecule has 0 aliphatic rings. The lowest BCUT2D eigenvalue weighted by Crippen LogP contribution is -2.20. The molecule has 6 heteroatoms. The second kappa shape index (κ2) is 4.19. The van der Waals surface area contributed by atoms with Crippen LogP contribution >= 0.6 is 0 Å². The van der Waals surface area contributed by atoms with Gasteiger partial charge in [0.05, 0.1) is 0 Å². The topological polar surface area (TPSA) is 63.2 Å². The molecule has 76 valence electrons. The van der Waals surface area contributed by atoms with Crippen LogP contribution in [0.5, 0.6) is 0 Å². The average Bonchev–Trinajstić information content (AvgIpc) is 2.02. The van der Waals surface area contributed by atoms with Crippen molar-refractivity contribution in [3.05, 3.63) is 30.3 Å². The molecule has 0 fully saturated rings. The van der Waals surface area contributed by atoms with Gasteiger partial charge in [-0.2, -0.15) is 8.42 Å². The molecule has 1 aromatic rings. The van der Waals surface area contributed by atoms with E-state index in [1.807, 2.05) is 0 Å². The second-order valence-electron chi connectivity index (χ2n) is 2.60. The Kier molecular flexibility index (Phi) is 3.19. The summed E-state index contributed by atoms with van der Waals surface area (Å²) in [5.74, 6) is -2.04. The first-order chi connectivity index (χ1) is 6.47. The largest absolute Gasteiger partial charge is 0.325 e. The Morgan fingerprint density at radius 1 is 1.29 bits per heavy atom. The molecule has 1 amide bonds. The molecule has 0 bridgehead atoms. The van der Waals surface area contributed by atoms with Gasteiger partial charge in [-0.15, -0.1) is 3.89 Å². The van der Waals surface area contributed by atoms with Gasteiger partial charge in [0.25, 0.3) is 0 Å². The fourth-order valence-corrected chi connectivity index (χ4v) is 1.26. The van der Waals surface area contributed by atoms with E-state index in [0.29, 0.717) is 5.69 Å². The Balaban J connectivity index is 2.59. The lowest BCUT2D eigenvalue weighted by Gasteiger charge is -2.01. The summed E-state index contributed by atoms with van der Waals surface area (Å²) >= 11 is 0. The maximum absolute atomic E-state index is 12.1. The first-order valence-electron chi connectivity index (χ1n) is 3.74. The fraction of sp³-hybridized carbons (Fsp3) is 0.125. The minimum absolute atomic E-state index is 0.432. The first-order valence-corrected chi connectivity index (χ1v) is 5.30. The van der Waals surface area contributed by atoms with E-state index in [1.54, 1.807) is 30.3 Å². The molecule has 0 aliphatic carbocycles. The Morgan fingerprint density at radius 2 is 1.86 bits per heavy atom. The van der Waals surface area contributed by atoms with Crippen LogP contribution in [0, 0.1) is 0 Å². The van der Waals surface area contributed by atoms with Crippen molar-refractivity contribution in [3.8, 4) is 0 Å². The SMILES string of the molecule is O=C(CS(=O)(=O)F)Nc1ccccc1. The van der Waals surface area contributed by atoms with Gasteiger partial charge in [0.2, 0.25) is 5.91 Å². The van der Waals surface area contributed by atoms with Crippen LogP contribution in [0.1, 0.15) is 0 Å². The summed E-state index contributed by atoms with van der Waals surface area (Å²) in [5, 5.41) is 2.24. The Morgan fingerprint density at radius 3 is 2.36 bits per heavy atom. The second-order valence-corrected chi connectivity index (χ2v) is 3.96. The van der Waals surface area contributed by atoms with Gasteiger partial charge in [-0.25, -0.2) is 0 Å². The minimum Gasteiger partial charge on any atom is -0.325 e. The highest BCUT2D eigenvalue weighted by atomic mass is 32.3. The number of carbonyl (C=O) groups is 1. The van der Waals surface area contributed by atoms with Crippen LogP contribution in [0.4, 0.5) is 9.57 Å². The number of anilines is 1. The van der Waals surface area contributed by atoms with Crippen molar-refractivity contribution in [1.29, 1.82) is 0 Å². The van der Waals surface area contributed by atoms with Crippen molar-refractivity contribution < 1.29 is 17.1 Å². The van der Waals surface area contributed by atoms with Crippen LogP contribution in [-0.2, 0) is 15.0 Å². The molecule has 0 aromatic heterocycles. The molecule has 0 saturated carbocycles. The molecular formula is C8H8FNO3S. The van der Waals surface area contributed by atoms with Crippen LogP contribution in [0.15, 0.2) is 30.3 Å². The number of amides is 1. The fourth-order valence-electron chi connectivity index (χ4n) is 0.875. The molecule has 0 radical (unpaired) electrons. The number of hydrogen-bond acceptors (Lipinski definition) is 3. The highest BCUT2D eigenvalue weighted by Gasteiger charge is 2.14. The highest BCUT2D eigenvalue weighted by Crippen LogP contribution is 2.05.